The maximum Gasteiger partial charge on any atom is 0.229 e. The number of carbonyl (C=O) groups excluding carboxylic acids is 1. The SMILES string of the molecule is CC(C)(C)C(=O)Nc1cncc(-c2ccc3[nH]nc(-c4nc5nccc(-c6cc(O)cc(F)c6)c5[nH]4)c3n2)c1. The Kier molecular flexibility index (Phi) is 5.56. The quantitative estimate of drug-likeness (QED) is 0.241. The van der Waals surface area contributed by atoms with Crippen molar-refractivity contribution in [1.29, 1.82) is 0 Å². The van der Waals surface area contributed by atoms with Crippen LogP contribution < -0.4 is 5.32 Å². The highest BCUT2D eigenvalue weighted by atomic mass is 19.1. The average Bonchev–Trinajstić information content (AvgIpc) is 3.51. The van der Waals surface area contributed by atoms with Crippen molar-refractivity contribution in [3.63, 3.8) is 0 Å². The van der Waals surface area contributed by atoms with Gasteiger partial charge in [0.25, 0.3) is 0 Å². The standard InChI is InChI=1S/C28H23FN8O2/c1-28(2,3)27(39)32-17-9-15(12-30-13-17)20-4-5-21-23(33-20)24(37-36-21)26-34-22-19(6-7-31-25(22)35-26)14-8-16(29)11-18(38)10-14/h4-13,38H,1-3H3,(H,32,39)(H,36,37)(H,31,34,35). The molecule has 11 heteroatoms. The van der Waals surface area contributed by atoms with Crippen molar-refractivity contribution in [2.45, 2.75) is 20.8 Å². The van der Waals surface area contributed by atoms with E-state index in [4.69, 9.17) is 4.98 Å². The molecule has 0 fully saturated rings. The lowest BCUT2D eigenvalue weighted by Gasteiger charge is -2.17. The third-order valence-electron chi connectivity index (χ3n) is 6.19. The predicted molar refractivity (Wildman–Crippen MR) is 145 cm³/mol. The second kappa shape index (κ2) is 8.98. The minimum atomic E-state index is -0.554. The van der Waals surface area contributed by atoms with Crippen LogP contribution in [0.2, 0.25) is 0 Å². The molecule has 39 heavy (non-hydrogen) atoms. The molecule has 6 rings (SSSR count). The van der Waals surface area contributed by atoms with Gasteiger partial charge in [-0.2, -0.15) is 5.10 Å². The lowest BCUT2D eigenvalue weighted by Crippen LogP contribution is -2.27. The zero-order chi connectivity index (χ0) is 27.3. The van der Waals surface area contributed by atoms with Gasteiger partial charge in [-0.25, -0.2) is 19.3 Å². The number of carbonyl (C=O) groups is 1. The highest BCUT2D eigenvalue weighted by Gasteiger charge is 2.22. The second-order valence-corrected chi connectivity index (χ2v) is 10.2. The summed E-state index contributed by atoms with van der Waals surface area (Å²) in [6.45, 7) is 5.52. The summed E-state index contributed by atoms with van der Waals surface area (Å²) in [6.07, 6.45) is 4.83. The first-order valence-electron chi connectivity index (χ1n) is 12.1. The summed E-state index contributed by atoms with van der Waals surface area (Å²) in [5.74, 6) is -0.429. The zero-order valence-corrected chi connectivity index (χ0v) is 21.2. The number of aromatic hydroxyl groups is 1. The summed E-state index contributed by atoms with van der Waals surface area (Å²) in [5.41, 5.74) is 5.20. The fourth-order valence-electron chi connectivity index (χ4n) is 4.19. The molecule has 0 radical (unpaired) electrons. The van der Waals surface area contributed by atoms with Gasteiger partial charge in [0.15, 0.2) is 17.2 Å². The number of H-pyrrole nitrogens is 2. The summed E-state index contributed by atoms with van der Waals surface area (Å²) in [7, 11) is 0. The van der Waals surface area contributed by atoms with Gasteiger partial charge in [0.1, 0.15) is 17.1 Å². The molecule has 1 amide bonds. The number of nitrogens with zero attached hydrogens (tertiary/aromatic N) is 5. The van der Waals surface area contributed by atoms with Crippen LogP contribution in [0.15, 0.2) is 61.1 Å². The Morgan fingerprint density at radius 2 is 1.87 bits per heavy atom. The van der Waals surface area contributed by atoms with Crippen molar-refractivity contribution in [2.75, 3.05) is 5.32 Å². The van der Waals surface area contributed by atoms with Crippen LogP contribution in [0, 0.1) is 11.2 Å². The van der Waals surface area contributed by atoms with E-state index < -0.39 is 11.2 Å². The lowest BCUT2D eigenvalue weighted by atomic mass is 9.95. The van der Waals surface area contributed by atoms with Gasteiger partial charge in [-0.3, -0.25) is 14.9 Å². The zero-order valence-electron chi connectivity index (χ0n) is 21.2. The maximum atomic E-state index is 14.0. The Hall–Kier alpha value is -5.19. The number of imidazole rings is 1. The Labute approximate surface area is 221 Å². The number of fused-ring (bicyclic) bond motifs is 2. The van der Waals surface area contributed by atoms with Gasteiger partial charge in [-0.05, 0) is 42.0 Å². The maximum absolute atomic E-state index is 14.0. The summed E-state index contributed by atoms with van der Waals surface area (Å²) in [5, 5.41) is 20.2. The van der Waals surface area contributed by atoms with Crippen molar-refractivity contribution in [1.82, 2.24) is 35.1 Å². The van der Waals surface area contributed by atoms with Crippen LogP contribution in [0.4, 0.5) is 10.1 Å². The molecule has 0 atom stereocenters. The van der Waals surface area contributed by atoms with Crippen LogP contribution in [0.3, 0.4) is 0 Å². The third kappa shape index (κ3) is 4.54. The first kappa shape index (κ1) is 24.2. The van der Waals surface area contributed by atoms with Gasteiger partial charge in [0, 0.05) is 35.0 Å². The van der Waals surface area contributed by atoms with E-state index in [1.54, 1.807) is 24.7 Å². The van der Waals surface area contributed by atoms with Gasteiger partial charge >= 0.3 is 0 Å². The van der Waals surface area contributed by atoms with Gasteiger partial charge in [-0.1, -0.05) is 20.8 Å². The predicted octanol–water partition coefficient (Wildman–Crippen LogP) is 5.45. The molecule has 0 unspecified atom stereocenters. The third-order valence-corrected chi connectivity index (χ3v) is 6.19. The van der Waals surface area contributed by atoms with Crippen molar-refractivity contribution < 1.29 is 14.3 Å². The lowest BCUT2D eigenvalue weighted by molar-refractivity contribution is -0.123. The van der Waals surface area contributed by atoms with E-state index >= 15 is 0 Å². The molecule has 5 heterocycles. The Morgan fingerprint density at radius 3 is 2.67 bits per heavy atom. The molecule has 0 aliphatic heterocycles. The fourth-order valence-corrected chi connectivity index (χ4v) is 4.19. The molecule has 1 aromatic carbocycles. The smallest absolute Gasteiger partial charge is 0.229 e. The number of benzene rings is 1. The number of phenols is 1. The van der Waals surface area contributed by atoms with Crippen LogP contribution in [0.5, 0.6) is 5.75 Å². The Morgan fingerprint density at radius 1 is 1.03 bits per heavy atom. The largest absolute Gasteiger partial charge is 0.508 e. The highest BCUT2D eigenvalue weighted by Crippen LogP contribution is 2.33. The van der Waals surface area contributed by atoms with E-state index in [1.807, 2.05) is 39.0 Å². The Balaban J connectivity index is 1.41. The number of halogens is 1. The number of nitrogens with one attached hydrogen (secondary N) is 3. The highest BCUT2D eigenvalue weighted by molar-refractivity contribution is 5.96. The van der Waals surface area contributed by atoms with E-state index in [0.29, 0.717) is 56.2 Å². The minimum Gasteiger partial charge on any atom is -0.508 e. The van der Waals surface area contributed by atoms with E-state index in [2.05, 4.69) is 35.5 Å². The molecule has 6 aromatic rings. The van der Waals surface area contributed by atoms with Gasteiger partial charge in [-0.15, -0.1) is 0 Å². The minimum absolute atomic E-state index is 0.117. The molecule has 0 aliphatic rings. The van der Waals surface area contributed by atoms with Crippen LogP contribution in [-0.4, -0.2) is 46.1 Å². The molecule has 10 nitrogen and oxygen atoms in total. The van der Waals surface area contributed by atoms with Crippen LogP contribution in [0.1, 0.15) is 20.8 Å². The molecule has 0 saturated heterocycles. The second-order valence-electron chi connectivity index (χ2n) is 10.2. The molecule has 0 bridgehead atoms. The van der Waals surface area contributed by atoms with Gasteiger partial charge in [0.2, 0.25) is 5.91 Å². The molecule has 4 N–H and O–H groups in total. The topological polar surface area (TPSA) is 145 Å². The van der Waals surface area contributed by atoms with E-state index in [9.17, 15) is 14.3 Å². The number of aromatic amines is 2. The normalized spacial score (nSPS) is 11.8. The van der Waals surface area contributed by atoms with Crippen molar-refractivity contribution in [3.05, 3.63) is 66.9 Å². The monoisotopic (exact) mass is 522 g/mol. The van der Waals surface area contributed by atoms with Crippen molar-refractivity contribution in [2.24, 2.45) is 5.41 Å². The summed E-state index contributed by atoms with van der Waals surface area (Å²) < 4.78 is 14.0. The molecule has 0 saturated carbocycles. The first-order valence-corrected chi connectivity index (χ1v) is 12.1. The molecule has 194 valence electrons. The van der Waals surface area contributed by atoms with Crippen LogP contribution in [-0.2, 0) is 4.79 Å². The van der Waals surface area contributed by atoms with E-state index in [1.165, 1.54) is 12.1 Å². The number of anilines is 1. The summed E-state index contributed by atoms with van der Waals surface area (Å²) >= 11 is 0. The van der Waals surface area contributed by atoms with Crippen LogP contribution >= 0.6 is 0 Å². The molecular formula is C28H23FN8O2. The Bertz CT molecular complexity index is 1870. The summed E-state index contributed by atoms with van der Waals surface area (Å²) in [6, 6.07) is 11.1. The first-order chi connectivity index (χ1) is 18.7. The van der Waals surface area contributed by atoms with Gasteiger partial charge in [0.05, 0.1) is 28.6 Å². The molecular weight excluding hydrogens is 499 g/mol. The number of hydrogen-bond donors (Lipinski definition) is 4. The molecule has 5 aromatic heterocycles. The summed E-state index contributed by atoms with van der Waals surface area (Å²) in [4.78, 5) is 33.7. The molecule has 0 spiro atoms. The number of pyridine rings is 3. The van der Waals surface area contributed by atoms with E-state index in [-0.39, 0.29) is 11.7 Å². The van der Waals surface area contributed by atoms with Crippen molar-refractivity contribution in [3.8, 4) is 39.7 Å². The van der Waals surface area contributed by atoms with Crippen molar-refractivity contribution >= 4 is 33.8 Å². The fraction of sp³-hybridized carbons (Fsp3) is 0.143. The number of hydrogen-bond acceptors (Lipinski definition) is 7. The van der Waals surface area contributed by atoms with E-state index in [0.717, 1.165) is 11.6 Å². The number of amides is 1. The number of rotatable bonds is 4. The molecule has 0 aliphatic carbocycles. The average molecular weight is 523 g/mol. The van der Waals surface area contributed by atoms with Crippen LogP contribution in [0.25, 0.3) is 56.1 Å². The number of aromatic nitrogens is 7. The number of phenolic OH excluding ortho intramolecular Hbond substituents is 1. The van der Waals surface area contributed by atoms with Gasteiger partial charge < -0.3 is 15.4 Å².